The number of rotatable bonds is 3. The van der Waals surface area contributed by atoms with Crippen LogP contribution in [0.15, 0.2) is 59.7 Å². The van der Waals surface area contributed by atoms with E-state index in [1.165, 1.54) is 30.3 Å². The van der Waals surface area contributed by atoms with Crippen molar-refractivity contribution in [2.24, 2.45) is 0 Å². The van der Waals surface area contributed by atoms with Crippen LogP contribution in [-0.4, -0.2) is 35.0 Å². The Hall–Kier alpha value is -3.95. The van der Waals surface area contributed by atoms with E-state index in [9.17, 15) is 4.79 Å². The van der Waals surface area contributed by atoms with Crippen molar-refractivity contribution < 1.29 is 8.78 Å². The zero-order chi connectivity index (χ0) is 19.3. The lowest BCUT2D eigenvalue weighted by molar-refractivity contribution is 0.0307. The van der Waals surface area contributed by atoms with Gasteiger partial charge in [-0.25, -0.2) is 0 Å². The maximum absolute atomic E-state index is 15.3. The molecule has 0 aliphatic heterocycles. The molecule has 0 aliphatic carbocycles. The van der Waals surface area contributed by atoms with Crippen molar-refractivity contribution in [1.82, 2.24) is 35.0 Å². The van der Waals surface area contributed by atoms with Gasteiger partial charge in [-0.15, -0.1) is 10.2 Å². The molecule has 5 rings (SSSR count). The third-order valence-corrected chi connectivity index (χ3v) is 4.42. The molecule has 138 valence electrons. The second kappa shape index (κ2) is 5.78. The van der Waals surface area contributed by atoms with E-state index < -0.39 is 11.7 Å². The van der Waals surface area contributed by atoms with Crippen LogP contribution in [0.3, 0.4) is 0 Å². The fraction of sp³-hybridized carbons (Fsp3) is 0.0556. The summed E-state index contributed by atoms with van der Waals surface area (Å²) in [6.45, 7) is 0. The van der Waals surface area contributed by atoms with Crippen molar-refractivity contribution in [3.05, 3.63) is 76.6 Å². The minimum absolute atomic E-state index is 0.201. The molecule has 2 N–H and O–H groups in total. The molecule has 10 heteroatoms. The number of hydrogen-bond acceptors (Lipinski definition) is 5. The molecule has 0 unspecified atom stereocenters. The Morgan fingerprint density at radius 1 is 1.04 bits per heavy atom. The van der Waals surface area contributed by atoms with Crippen LogP contribution in [0.25, 0.3) is 27.8 Å². The number of H-pyrrole nitrogens is 2. The van der Waals surface area contributed by atoms with Gasteiger partial charge in [0, 0.05) is 28.9 Å². The average molecular weight is 379 g/mol. The quantitative estimate of drug-likeness (QED) is 0.501. The van der Waals surface area contributed by atoms with Crippen molar-refractivity contribution in [1.29, 1.82) is 0 Å². The Morgan fingerprint density at radius 2 is 1.93 bits per heavy atom. The lowest BCUT2D eigenvalue weighted by atomic mass is 10.0. The molecule has 0 fully saturated rings. The molecular formula is C18H11F2N7O. The molecule has 8 nitrogen and oxygen atoms in total. The average Bonchev–Trinajstić information content (AvgIpc) is 3.37. The monoisotopic (exact) mass is 379 g/mol. The molecule has 0 radical (unpaired) electrons. The minimum atomic E-state index is -3.45. The highest BCUT2D eigenvalue weighted by Gasteiger charge is 2.40. The first-order valence-corrected chi connectivity index (χ1v) is 8.26. The smallest absolute Gasteiger partial charge is 0.322 e. The largest absolute Gasteiger partial charge is 0.333 e. The molecule has 0 aliphatic rings. The van der Waals surface area contributed by atoms with Crippen LogP contribution in [0.5, 0.6) is 0 Å². The molecule has 5 aromatic rings. The van der Waals surface area contributed by atoms with E-state index in [1.54, 1.807) is 24.5 Å². The van der Waals surface area contributed by atoms with Crippen molar-refractivity contribution >= 4 is 16.6 Å². The summed E-state index contributed by atoms with van der Waals surface area (Å²) >= 11 is 0. The lowest BCUT2D eigenvalue weighted by Gasteiger charge is -2.15. The number of fused-ring (bicyclic) bond motifs is 2. The molecule has 0 amide bonds. The summed E-state index contributed by atoms with van der Waals surface area (Å²) < 4.78 is 31.6. The molecule has 4 heterocycles. The number of benzene rings is 1. The number of hydrogen-bond donors (Lipinski definition) is 2. The predicted octanol–water partition coefficient (Wildman–Crippen LogP) is 2.50. The zero-order valence-electron chi connectivity index (χ0n) is 14.1. The topological polar surface area (TPSA) is 105 Å². The number of pyridine rings is 1. The van der Waals surface area contributed by atoms with Gasteiger partial charge in [-0.2, -0.15) is 23.5 Å². The Kier molecular flexibility index (Phi) is 3.35. The Bertz CT molecular complexity index is 1370. The normalized spacial score (nSPS) is 12.1. The molecule has 0 bridgehead atoms. The van der Waals surface area contributed by atoms with E-state index >= 15 is 8.78 Å². The van der Waals surface area contributed by atoms with Crippen LogP contribution in [-0.2, 0) is 5.92 Å². The zero-order valence-corrected chi connectivity index (χ0v) is 14.1. The summed E-state index contributed by atoms with van der Waals surface area (Å²) in [5.74, 6) is -4.05. The summed E-state index contributed by atoms with van der Waals surface area (Å²) in [6, 6.07) is 10.00. The van der Waals surface area contributed by atoms with Crippen LogP contribution in [0.4, 0.5) is 8.78 Å². The van der Waals surface area contributed by atoms with Crippen molar-refractivity contribution in [3.63, 3.8) is 0 Å². The summed E-state index contributed by atoms with van der Waals surface area (Å²) in [5, 5.41) is 18.7. The maximum Gasteiger partial charge on any atom is 0.333 e. The van der Waals surface area contributed by atoms with Gasteiger partial charge in [0.15, 0.2) is 5.65 Å². The van der Waals surface area contributed by atoms with E-state index in [4.69, 9.17) is 0 Å². The van der Waals surface area contributed by atoms with Gasteiger partial charge < -0.3 is 4.98 Å². The van der Waals surface area contributed by atoms with Gasteiger partial charge in [0.25, 0.3) is 0 Å². The third-order valence-electron chi connectivity index (χ3n) is 4.42. The van der Waals surface area contributed by atoms with E-state index in [0.29, 0.717) is 22.2 Å². The van der Waals surface area contributed by atoms with Crippen molar-refractivity contribution in [2.75, 3.05) is 0 Å². The molecule has 4 aromatic heterocycles. The molecule has 0 spiro atoms. The minimum Gasteiger partial charge on any atom is -0.322 e. The molecule has 0 atom stereocenters. The van der Waals surface area contributed by atoms with E-state index in [1.807, 2.05) is 0 Å². The number of nitrogens with one attached hydrogen (secondary N) is 2. The molecular weight excluding hydrogens is 368 g/mol. The highest BCUT2D eigenvalue weighted by Crippen LogP contribution is 2.35. The van der Waals surface area contributed by atoms with Gasteiger partial charge in [-0.05, 0) is 35.7 Å². The number of nitrogens with zero attached hydrogens (tertiary/aromatic N) is 5. The van der Waals surface area contributed by atoms with E-state index in [0.717, 1.165) is 4.52 Å². The van der Waals surface area contributed by atoms with Gasteiger partial charge in [-0.3, -0.25) is 9.89 Å². The fourth-order valence-electron chi connectivity index (χ4n) is 3.01. The lowest BCUT2D eigenvalue weighted by Crippen LogP contribution is -2.20. The van der Waals surface area contributed by atoms with Gasteiger partial charge in [0.2, 0.25) is 11.4 Å². The van der Waals surface area contributed by atoms with Crippen molar-refractivity contribution in [3.8, 4) is 11.3 Å². The second-order valence-electron chi connectivity index (χ2n) is 6.20. The number of halogens is 2. The molecule has 0 saturated carbocycles. The van der Waals surface area contributed by atoms with E-state index in [2.05, 4.69) is 30.5 Å². The highest BCUT2D eigenvalue weighted by molar-refractivity contribution is 5.79. The first kappa shape index (κ1) is 16.2. The predicted molar refractivity (Wildman–Crippen MR) is 95.9 cm³/mol. The SMILES string of the molecule is O=c1ccc2cc(C(F)(F)c3nnc4ccc(-c5cn[nH]c5)nn34)ccc2[nH]1. The molecule has 28 heavy (non-hydrogen) atoms. The first-order valence-electron chi connectivity index (χ1n) is 8.26. The standard InChI is InChI=1S/C18H11F2N7O/c19-18(20,12-2-3-13-10(7-12)1-6-16(28)23-13)17-25-24-15-5-4-14(26-27(15)17)11-8-21-22-9-11/h1-9H,(H,21,22)(H,23,28). The summed E-state index contributed by atoms with van der Waals surface area (Å²) in [4.78, 5) is 14.0. The maximum atomic E-state index is 15.3. The van der Waals surface area contributed by atoms with Crippen LogP contribution < -0.4 is 5.56 Å². The van der Waals surface area contributed by atoms with Gasteiger partial charge >= 0.3 is 5.92 Å². The number of aromatic nitrogens is 7. The number of aromatic amines is 2. The summed E-state index contributed by atoms with van der Waals surface area (Å²) in [6.07, 6.45) is 3.15. The first-order chi connectivity index (χ1) is 13.5. The van der Waals surface area contributed by atoms with Crippen LogP contribution >= 0.6 is 0 Å². The second-order valence-corrected chi connectivity index (χ2v) is 6.20. The summed E-state index contributed by atoms with van der Waals surface area (Å²) in [7, 11) is 0. The van der Waals surface area contributed by atoms with Crippen LogP contribution in [0, 0.1) is 0 Å². The van der Waals surface area contributed by atoms with E-state index in [-0.39, 0.29) is 16.8 Å². The fourth-order valence-corrected chi connectivity index (χ4v) is 3.01. The van der Waals surface area contributed by atoms with Crippen molar-refractivity contribution in [2.45, 2.75) is 5.92 Å². The Labute approximate surface area is 154 Å². The summed E-state index contributed by atoms with van der Waals surface area (Å²) in [5.41, 5.74) is 1.20. The van der Waals surface area contributed by atoms with Gasteiger partial charge in [0.1, 0.15) is 0 Å². The molecule has 1 aromatic carbocycles. The highest BCUT2D eigenvalue weighted by atomic mass is 19.3. The number of alkyl halides is 2. The Morgan fingerprint density at radius 3 is 2.75 bits per heavy atom. The van der Waals surface area contributed by atoms with Crippen LogP contribution in [0.2, 0.25) is 0 Å². The van der Waals surface area contributed by atoms with Gasteiger partial charge in [-0.1, -0.05) is 6.07 Å². The molecule has 0 saturated heterocycles. The van der Waals surface area contributed by atoms with Crippen LogP contribution in [0.1, 0.15) is 11.4 Å². The third kappa shape index (κ3) is 2.46. The Balaban J connectivity index is 1.66. The van der Waals surface area contributed by atoms with Gasteiger partial charge in [0.05, 0.1) is 11.9 Å².